The Kier molecular flexibility index (Phi) is 4.85. The van der Waals surface area contributed by atoms with Gasteiger partial charge in [-0.05, 0) is 21.8 Å². The molecule has 0 saturated carbocycles. The number of nitrogens with two attached hydrogens (primary N) is 1. The normalized spacial score (nSPS) is 17.9. The van der Waals surface area contributed by atoms with Crippen molar-refractivity contribution in [3.8, 4) is 6.07 Å². The van der Waals surface area contributed by atoms with Crippen LogP contribution in [0.1, 0.15) is 18.9 Å². The molecule has 1 aromatic heterocycles. The summed E-state index contributed by atoms with van der Waals surface area (Å²) in [6, 6.07) is 3.56. The van der Waals surface area contributed by atoms with E-state index < -0.39 is 0 Å². The molecule has 0 bridgehead atoms. The van der Waals surface area contributed by atoms with Gasteiger partial charge in [0.25, 0.3) is 0 Å². The van der Waals surface area contributed by atoms with E-state index in [4.69, 9.17) is 5.73 Å². The lowest BCUT2D eigenvalue weighted by Gasteiger charge is -2.19. The molecule has 1 amide bonds. The molecule has 1 saturated heterocycles. The molecule has 6 nitrogen and oxygen atoms in total. The van der Waals surface area contributed by atoms with Crippen molar-refractivity contribution in [2.45, 2.75) is 13.3 Å². The number of amides is 1. The smallest absolute Gasteiger partial charge is 0.227 e. The zero-order valence-electron chi connectivity index (χ0n) is 11.3. The zero-order chi connectivity index (χ0) is 15.6. The Balaban J connectivity index is 2.25. The van der Waals surface area contributed by atoms with Crippen molar-refractivity contribution >= 4 is 50.2 Å². The van der Waals surface area contributed by atoms with Crippen molar-refractivity contribution in [1.29, 1.82) is 5.26 Å². The SMILES string of the molecule is CC(=O)SCC1CC(=O)N(c2cc(N)nc(Br)c2C#N)C1. The number of nitriles is 1. The van der Waals surface area contributed by atoms with Crippen LogP contribution in [-0.4, -0.2) is 28.3 Å². The van der Waals surface area contributed by atoms with Gasteiger partial charge < -0.3 is 10.6 Å². The van der Waals surface area contributed by atoms with Gasteiger partial charge in [0.05, 0.1) is 5.69 Å². The second-order valence-electron chi connectivity index (χ2n) is 4.72. The molecule has 1 aliphatic rings. The number of nitrogen functional groups attached to an aromatic ring is 1. The summed E-state index contributed by atoms with van der Waals surface area (Å²) in [6.45, 7) is 1.98. The molecule has 110 valence electrons. The maximum atomic E-state index is 12.2. The van der Waals surface area contributed by atoms with E-state index in [9.17, 15) is 14.9 Å². The number of pyridine rings is 1. The summed E-state index contributed by atoms with van der Waals surface area (Å²) in [5.41, 5.74) is 6.45. The lowest BCUT2D eigenvalue weighted by Crippen LogP contribution is -2.26. The molecule has 1 aromatic rings. The average molecular weight is 369 g/mol. The van der Waals surface area contributed by atoms with E-state index in [-0.39, 0.29) is 28.3 Å². The number of carbonyl (C=O) groups excluding carboxylic acids is 2. The molecule has 0 aromatic carbocycles. The highest BCUT2D eigenvalue weighted by atomic mass is 79.9. The van der Waals surface area contributed by atoms with Gasteiger partial charge in [0.2, 0.25) is 5.91 Å². The van der Waals surface area contributed by atoms with Crippen LogP contribution in [0.25, 0.3) is 0 Å². The van der Waals surface area contributed by atoms with Gasteiger partial charge in [-0.1, -0.05) is 11.8 Å². The largest absolute Gasteiger partial charge is 0.384 e. The van der Waals surface area contributed by atoms with Crippen molar-refractivity contribution in [3.05, 3.63) is 16.2 Å². The molecule has 0 aliphatic carbocycles. The average Bonchev–Trinajstić information content (AvgIpc) is 2.76. The van der Waals surface area contributed by atoms with E-state index in [1.54, 1.807) is 4.90 Å². The Bertz CT molecular complexity index is 644. The number of halogens is 1. The van der Waals surface area contributed by atoms with E-state index in [1.165, 1.54) is 24.8 Å². The molecule has 0 radical (unpaired) electrons. The molecule has 8 heteroatoms. The van der Waals surface area contributed by atoms with Gasteiger partial charge in [0.1, 0.15) is 22.1 Å². The standard InChI is InChI=1S/C13H13BrN4O2S/c1-7(19)21-6-8-2-12(20)18(5-8)10-3-11(16)17-13(14)9(10)4-15/h3,8H,2,5-6H2,1H3,(H2,16,17). The van der Waals surface area contributed by atoms with Gasteiger partial charge >= 0.3 is 0 Å². The van der Waals surface area contributed by atoms with Crippen LogP contribution in [0.3, 0.4) is 0 Å². The van der Waals surface area contributed by atoms with E-state index in [0.29, 0.717) is 29.0 Å². The highest BCUT2D eigenvalue weighted by molar-refractivity contribution is 9.10. The maximum absolute atomic E-state index is 12.2. The van der Waals surface area contributed by atoms with Gasteiger partial charge in [0.15, 0.2) is 5.12 Å². The van der Waals surface area contributed by atoms with Crippen LogP contribution in [0.4, 0.5) is 11.5 Å². The second-order valence-corrected chi connectivity index (χ2v) is 6.67. The fourth-order valence-corrected chi connectivity index (χ4v) is 3.39. The molecule has 2 N–H and O–H groups in total. The number of hydrogen-bond donors (Lipinski definition) is 1. The zero-order valence-corrected chi connectivity index (χ0v) is 13.7. The third-order valence-corrected chi connectivity index (χ3v) is 4.72. The molecule has 1 aliphatic heterocycles. The second kappa shape index (κ2) is 6.45. The van der Waals surface area contributed by atoms with Gasteiger partial charge in [-0.25, -0.2) is 4.98 Å². The number of thioether (sulfide) groups is 1. The molecule has 2 heterocycles. The van der Waals surface area contributed by atoms with Gasteiger partial charge in [-0.3, -0.25) is 9.59 Å². The third-order valence-electron chi connectivity index (χ3n) is 3.10. The van der Waals surface area contributed by atoms with E-state index >= 15 is 0 Å². The van der Waals surface area contributed by atoms with E-state index in [1.807, 2.05) is 6.07 Å². The first-order chi connectivity index (χ1) is 9.92. The minimum absolute atomic E-state index is 0.0366. The summed E-state index contributed by atoms with van der Waals surface area (Å²) in [5, 5.41) is 9.27. The minimum Gasteiger partial charge on any atom is -0.384 e. The summed E-state index contributed by atoms with van der Waals surface area (Å²) in [6.07, 6.45) is 0.366. The molecule has 2 rings (SSSR count). The maximum Gasteiger partial charge on any atom is 0.227 e. The summed E-state index contributed by atoms with van der Waals surface area (Å²) in [4.78, 5) is 28.7. The van der Waals surface area contributed by atoms with Crippen LogP contribution in [-0.2, 0) is 9.59 Å². The fourth-order valence-electron chi connectivity index (χ4n) is 2.20. The molecular formula is C13H13BrN4O2S. The Morgan fingerprint density at radius 3 is 3.05 bits per heavy atom. The highest BCUT2D eigenvalue weighted by Crippen LogP contribution is 2.33. The lowest BCUT2D eigenvalue weighted by atomic mass is 10.1. The summed E-state index contributed by atoms with van der Waals surface area (Å²) in [7, 11) is 0. The Morgan fingerprint density at radius 1 is 1.71 bits per heavy atom. The van der Waals surface area contributed by atoms with Crippen molar-refractivity contribution in [2.24, 2.45) is 5.92 Å². The number of anilines is 2. The molecule has 1 unspecified atom stereocenters. The number of nitrogens with zero attached hydrogens (tertiary/aromatic N) is 3. The Labute approximate surface area is 134 Å². The number of aromatic nitrogens is 1. The highest BCUT2D eigenvalue weighted by Gasteiger charge is 2.32. The van der Waals surface area contributed by atoms with Crippen LogP contribution in [0.15, 0.2) is 10.7 Å². The quantitative estimate of drug-likeness (QED) is 0.818. The minimum atomic E-state index is -0.0712. The van der Waals surface area contributed by atoms with Gasteiger partial charge in [0, 0.05) is 31.7 Å². The van der Waals surface area contributed by atoms with E-state index in [2.05, 4.69) is 20.9 Å². The summed E-state index contributed by atoms with van der Waals surface area (Å²) in [5.74, 6) is 0.857. The molecule has 21 heavy (non-hydrogen) atoms. The lowest BCUT2D eigenvalue weighted by molar-refractivity contribution is -0.117. The Hall–Kier alpha value is -1.59. The predicted octanol–water partition coefficient (Wildman–Crippen LogP) is 1.93. The topological polar surface area (TPSA) is 100 Å². The summed E-state index contributed by atoms with van der Waals surface area (Å²) >= 11 is 4.40. The van der Waals surface area contributed by atoms with E-state index in [0.717, 1.165) is 0 Å². The van der Waals surface area contributed by atoms with Crippen LogP contribution in [0.2, 0.25) is 0 Å². The van der Waals surface area contributed by atoms with Crippen LogP contribution < -0.4 is 10.6 Å². The molecule has 0 spiro atoms. The number of rotatable bonds is 3. The predicted molar refractivity (Wildman–Crippen MR) is 84.7 cm³/mol. The first-order valence-electron chi connectivity index (χ1n) is 6.22. The molecule has 1 fully saturated rings. The Morgan fingerprint density at radius 2 is 2.43 bits per heavy atom. The summed E-state index contributed by atoms with van der Waals surface area (Å²) < 4.78 is 0.328. The van der Waals surface area contributed by atoms with Crippen LogP contribution in [0, 0.1) is 17.2 Å². The first-order valence-corrected chi connectivity index (χ1v) is 8.00. The van der Waals surface area contributed by atoms with Crippen molar-refractivity contribution in [1.82, 2.24) is 4.98 Å². The number of carbonyl (C=O) groups is 2. The van der Waals surface area contributed by atoms with Crippen molar-refractivity contribution < 1.29 is 9.59 Å². The molecule has 1 atom stereocenters. The third kappa shape index (κ3) is 3.54. The monoisotopic (exact) mass is 368 g/mol. The first kappa shape index (κ1) is 15.8. The van der Waals surface area contributed by atoms with Crippen LogP contribution in [0.5, 0.6) is 0 Å². The van der Waals surface area contributed by atoms with Gasteiger partial charge in [-0.2, -0.15) is 5.26 Å². The van der Waals surface area contributed by atoms with Gasteiger partial charge in [-0.15, -0.1) is 0 Å². The van der Waals surface area contributed by atoms with Crippen molar-refractivity contribution in [2.75, 3.05) is 22.9 Å². The molecular weight excluding hydrogens is 356 g/mol. The number of hydrogen-bond acceptors (Lipinski definition) is 6. The fraction of sp³-hybridized carbons (Fsp3) is 0.385. The van der Waals surface area contributed by atoms with Crippen LogP contribution >= 0.6 is 27.7 Å². The van der Waals surface area contributed by atoms with Crippen molar-refractivity contribution in [3.63, 3.8) is 0 Å².